The van der Waals surface area contributed by atoms with Crippen molar-refractivity contribution in [3.8, 4) is 0 Å². The quantitative estimate of drug-likeness (QED) is 0.701. The number of carbonyl (C=O) groups excluding carboxylic acids is 2. The van der Waals surface area contributed by atoms with Gasteiger partial charge in [-0.05, 0) is 30.7 Å². The van der Waals surface area contributed by atoms with Crippen molar-refractivity contribution < 1.29 is 9.59 Å². The third-order valence-corrected chi connectivity index (χ3v) is 6.30. The van der Waals surface area contributed by atoms with Crippen molar-refractivity contribution in [2.75, 3.05) is 25.5 Å². The molecule has 4 rings (SSSR count). The molecule has 1 fully saturated rings. The summed E-state index contributed by atoms with van der Waals surface area (Å²) in [5.74, 6) is 0.681. The molecule has 150 valence electrons. The van der Waals surface area contributed by atoms with Crippen LogP contribution in [0.1, 0.15) is 28.7 Å². The van der Waals surface area contributed by atoms with Crippen molar-refractivity contribution in [2.45, 2.75) is 25.9 Å². The molecule has 0 unspecified atom stereocenters. The van der Waals surface area contributed by atoms with Crippen LogP contribution in [0.15, 0.2) is 42.6 Å². The maximum atomic E-state index is 12.7. The fourth-order valence-corrected chi connectivity index (χ4v) is 4.38. The Balaban J connectivity index is 1.35. The third kappa shape index (κ3) is 4.22. The van der Waals surface area contributed by atoms with E-state index in [0.717, 1.165) is 21.6 Å². The van der Waals surface area contributed by atoms with E-state index in [-0.39, 0.29) is 17.9 Å². The molecule has 29 heavy (non-hydrogen) atoms. The summed E-state index contributed by atoms with van der Waals surface area (Å²) in [6, 6.07) is 11.7. The van der Waals surface area contributed by atoms with Gasteiger partial charge in [-0.25, -0.2) is 9.97 Å². The first kappa shape index (κ1) is 19.3. The molecule has 1 aliphatic heterocycles. The van der Waals surface area contributed by atoms with Gasteiger partial charge in [0.25, 0.3) is 5.91 Å². The highest BCUT2D eigenvalue weighted by atomic mass is 32.1. The highest BCUT2D eigenvalue weighted by Crippen LogP contribution is 2.22. The Kier molecular flexibility index (Phi) is 5.44. The van der Waals surface area contributed by atoms with Gasteiger partial charge in [-0.1, -0.05) is 12.1 Å². The molecule has 0 bridgehead atoms. The number of para-hydroxylation sites is 1. The van der Waals surface area contributed by atoms with Gasteiger partial charge in [0.15, 0.2) is 0 Å². The Morgan fingerprint density at radius 3 is 2.83 bits per heavy atom. The Morgan fingerprint density at radius 1 is 1.28 bits per heavy atom. The van der Waals surface area contributed by atoms with Gasteiger partial charge in [-0.3, -0.25) is 9.59 Å². The lowest BCUT2D eigenvalue weighted by Gasteiger charge is -2.23. The molecule has 0 aliphatic carbocycles. The molecule has 1 aliphatic rings. The minimum atomic E-state index is -0.0466. The molecular formula is C21H23N5O2S. The van der Waals surface area contributed by atoms with E-state index in [1.54, 1.807) is 47.4 Å². The Morgan fingerprint density at radius 2 is 2.10 bits per heavy atom. The van der Waals surface area contributed by atoms with Crippen LogP contribution in [0.3, 0.4) is 0 Å². The topological polar surface area (TPSA) is 78.4 Å². The van der Waals surface area contributed by atoms with E-state index in [9.17, 15) is 9.59 Å². The van der Waals surface area contributed by atoms with Crippen LogP contribution in [0, 0.1) is 0 Å². The number of nitrogens with one attached hydrogen (secondary N) is 1. The summed E-state index contributed by atoms with van der Waals surface area (Å²) in [5.41, 5.74) is 1.56. The van der Waals surface area contributed by atoms with Gasteiger partial charge in [0.05, 0.1) is 28.4 Å². The number of thiazole rings is 1. The van der Waals surface area contributed by atoms with Gasteiger partial charge in [0, 0.05) is 33.3 Å². The second-order valence-electron chi connectivity index (χ2n) is 7.18. The molecule has 2 aromatic heterocycles. The standard InChI is InChI=1S/C21H23N5O2S/c1-14(27)25(2)16-9-10-26(13-16)21(28)15-7-8-19(22-11-15)23-12-20-24-17-5-3-4-6-18(17)29-20/h3-8,11,16H,9-10,12-13H2,1-2H3,(H,22,23)/t16-/m0/s1. The van der Waals surface area contributed by atoms with Crippen LogP contribution < -0.4 is 5.32 Å². The molecule has 0 saturated carbocycles. The fourth-order valence-electron chi connectivity index (χ4n) is 3.47. The van der Waals surface area contributed by atoms with Crippen LogP contribution in [0.25, 0.3) is 10.2 Å². The summed E-state index contributed by atoms with van der Waals surface area (Å²) >= 11 is 1.66. The van der Waals surface area contributed by atoms with Gasteiger partial charge in [0.1, 0.15) is 10.8 Å². The van der Waals surface area contributed by atoms with Gasteiger partial charge in [0.2, 0.25) is 5.91 Å². The van der Waals surface area contributed by atoms with E-state index in [1.165, 1.54) is 0 Å². The number of benzene rings is 1. The molecule has 1 atom stereocenters. The van der Waals surface area contributed by atoms with Crippen LogP contribution in [0.5, 0.6) is 0 Å². The number of carbonyl (C=O) groups is 2. The smallest absolute Gasteiger partial charge is 0.255 e. The zero-order valence-electron chi connectivity index (χ0n) is 16.5. The molecule has 3 aromatic rings. The maximum absolute atomic E-state index is 12.7. The van der Waals surface area contributed by atoms with Gasteiger partial charge in [-0.15, -0.1) is 11.3 Å². The minimum Gasteiger partial charge on any atom is -0.364 e. The molecule has 3 heterocycles. The highest BCUT2D eigenvalue weighted by Gasteiger charge is 2.30. The predicted molar refractivity (Wildman–Crippen MR) is 114 cm³/mol. The number of amides is 2. The van der Waals surface area contributed by atoms with Crippen LogP contribution >= 0.6 is 11.3 Å². The van der Waals surface area contributed by atoms with E-state index >= 15 is 0 Å². The first-order valence-electron chi connectivity index (χ1n) is 9.58. The molecule has 1 aromatic carbocycles. The molecule has 0 radical (unpaired) electrons. The number of hydrogen-bond acceptors (Lipinski definition) is 6. The summed E-state index contributed by atoms with van der Waals surface area (Å²) in [6.45, 7) is 3.35. The van der Waals surface area contributed by atoms with Gasteiger partial charge >= 0.3 is 0 Å². The summed E-state index contributed by atoms with van der Waals surface area (Å²) < 4.78 is 1.16. The molecule has 8 heteroatoms. The SMILES string of the molecule is CC(=O)N(C)[C@H]1CCN(C(=O)c2ccc(NCc3nc4ccccc4s3)nc2)C1. The zero-order valence-corrected chi connectivity index (χ0v) is 17.3. The Labute approximate surface area is 173 Å². The van der Waals surface area contributed by atoms with Crippen molar-refractivity contribution in [3.63, 3.8) is 0 Å². The molecule has 0 spiro atoms. The Hall–Kier alpha value is -3.00. The van der Waals surface area contributed by atoms with Crippen molar-refractivity contribution in [1.29, 1.82) is 0 Å². The number of anilines is 1. The van der Waals surface area contributed by atoms with Crippen molar-refractivity contribution in [3.05, 3.63) is 53.2 Å². The summed E-state index contributed by atoms with van der Waals surface area (Å²) in [6.07, 6.45) is 2.40. The van der Waals surface area contributed by atoms with E-state index in [0.29, 0.717) is 31.0 Å². The number of pyridine rings is 1. The monoisotopic (exact) mass is 409 g/mol. The van der Waals surface area contributed by atoms with Gasteiger partial charge in [-0.2, -0.15) is 0 Å². The first-order chi connectivity index (χ1) is 14.0. The van der Waals surface area contributed by atoms with Crippen molar-refractivity contribution in [2.24, 2.45) is 0 Å². The number of likely N-dealkylation sites (tertiary alicyclic amines) is 1. The summed E-state index contributed by atoms with van der Waals surface area (Å²) in [5, 5.41) is 4.25. The molecule has 7 nitrogen and oxygen atoms in total. The van der Waals surface area contributed by atoms with Crippen molar-refractivity contribution >= 4 is 39.2 Å². The van der Waals surface area contributed by atoms with Crippen LogP contribution in [0.2, 0.25) is 0 Å². The largest absolute Gasteiger partial charge is 0.364 e. The summed E-state index contributed by atoms with van der Waals surface area (Å²) in [7, 11) is 1.79. The van der Waals surface area contributed by atoms with Crippen LogP contribution in [0.4, 0.5) is 5.82 Å². The lowest BCUT2D eigenvalue weighted by atomic mass is 10.2. The second-order valence-corrected chi connectivity index (χ2v) is 8.30. The molecule has 1 N–H and O–H groups in total. The maximum Gasteiger partial charge on any atom is 0.255 e. The van der Waals surface area contributed by atoms with E-state index < -0.39 is 0 Å². The normalized spacial score (nSPS) is 16.2. The third-order valence-electron chi connectivity index (χ3n) is 5.26. The lowest BCUT2D eigenvalue weighted by molar-refractivity contribution is -0.129. The highest BCUT2D eigenvalue weighted by molar-refractivity contribution is 7.18. The average molecular weight is 410 g/mol. The second kappa shape index (κ2) is 8.16. The number of likely N-dealkylation sites (N-methyl/N-ethyl adjacent to an activating group) is 1. The lowest BCUT2D eigenvalue weighted by Crippen LogP contribution is -2.38. The number of hydrogen-bond donors (Lipinski definition) is 1. The number of fused-ring (bicyclic) bond motifs is 1. The average Bonchev–Trinajstić information content (AvgIpc) is 3.38. The number of aromatic nitrogens is 2. The molecule has 1 saturated heterocycles. The van der Waals surface area contributed by atoms with E-state index in [1.807, 2.05) is 24.3 Å². The van der Waals surface area contributed by atoms with Crippen LogP contribution in [-0.2, 0) is 11.3 Å². The fraction of sp³-hybridized carbons (Fsp3) is 0.333. The molecule has 2 amide bonds. The molecular weight excluding hydrogens is 386 g/mol. The van der Waals surface area contributed by atoms with E-state index in [2.05, 4.69) is 21.4 Å². The minimum absolute atomic E-state index is 0.0227. The number of rotatable bonds is 5. The van der Waals surface area contributed by atoms with E-state index in [4.69, 9.17) is 0 Å². The predicted octanol–water partition coefficient (Wildman–Crippen LogP) is 3.00. The summed E-state index contributed by atoms with van der Waals surface area (Å²) in [4.78, 5) is 36.7. The number of nitrogens with zero attached hydrogens (tertiary/aromatic N) is 4. The van der Waals surface area contributed by atoms with Crippen molar-refractivity contribution in [1.82, 2.24) is 19.8 Å². The van der Waals surface area contributed by atoms with Gasteiger partial charge < -0.3 is 15.1 Å². The Bertz CT molecular complexity index is 1000. The first-order valence-corrected chi connectivity index (χ1v) is 10.4. The van der Waals surface area contributed by atoms with Crippen LogP contribution in [-0.4, -0.2) is 57.8 Å². The zero-order chi connectivity index (χ0) is 20.4.